The summed E-state index contributed by atoms with van der Waals surface area (Å²) in [5, 5.41) is 8.69. The van der Waals surface area contributed by atoms with E-state index in [0.717, 1.165) is 6.07 Å². The summed E-state index contributed by atoms with van der Waals surface area (Å²) in [6, 6.07) is 5.84. The number of methoxy groups -OCH3 is 2. The molecule has 0 aliphatic heterocycles. The molecule has 0 spiro atoms. The van der Waals surface area contributed by atoms with Gasteiger partial charge in [0, 0.05) is 12.1 Å². The number of carbonyl (C=O) groups excluding carboxylic acids is 2. The molecule has 0 aliphatic carbocycles. The Labute approximate surface area is 121 Å². The van der Waals surface area contributed by atoms with Crippen LogP contribution in [0.15, 0.2) is 18.2 Å². The van der Waals surface area contributed by atoms with Gasteiger partial charge in [-0.1, -0.05) is 6.07 Å². The first-order valence-corrected chi connectivity index (χ1v) is 6.04. The third kappa shape index (κ3) is 5.20. The van der Waals surface area contributed by atoms with Crippen LogP contribution in [0.5, 0.6) is 0 Å². The quantitative estimate of drug-likeness (QED) is 0.724. The lowest BCUT2D eigenvalue weighted by Gasteiger charge is -2.20. The maximum absolute atomic E-state index is 13.8. The molecule has 112 valence electrons. The van der Waals surface area contributed by atoms with Crippen molar-refractivity contribution in [3.63, 3.8) is 0 Å². The minimum absolute atomic E-state index is 0.0156. The number of esters is 2. The Kier molecular flexibility index (Phi) is 6.30. The summed E-state index contributed by atoms with van der Waals surface area (Å²) in [6.45, 7) is -0.335. The predicted molar refractivity (Wildman–Crippen MR) is 70.4 cm³/mol. The van der Waals surface area contributed by atoms with Crippen LogP contribution in [0.4, 0.5) is 4.39 Å². The molecule has 1 rings (SSSR count). The van der Waals surface area contributed by atoms with Crippen molar-refractivity contribution in [1.29, 1.82) is 5.26 Å². The maximum Gasteiger partial charge on any atom is 0.319 e. The number of hydrogen-bond donors (Lipinski definition) is 0. The summed E-state index contributed by atoms with van der Waals surface area (Å²) in [4.78, 5) is 24.0. The van der Waals surface area contributed by atoms with E-state index >= 15 is 0 Å². The largest absolute Gasteiger partial charge is 0.468 e. The molecule has 0 radical (unpaired) electrons. The van der Waals surface area contributed by atoms with Crippen molar-refractivity contribution in [2.75, 3.05) is 27.3 Å². The fourth-order valence-corrected chi connectivity index (χ4v) is 1.65. The number of halogens is 1. The molecule has 0 aliphatic rings. The fraction of sp³-hybridized carbons (Fsp3) is 0.357. The zero-order valence-electron chi connectivity index (χ0n) is 11.8. The summed E-state index contributed by atoms with van der Waals surface area (Å²) in [5.41, 5.74) is 0.463. The molecule has 0 aromatic heterocycles. The van der Waals surface area contributed by atoms with Crippen LogP contribution in [0.3, 0.4) is 0 Å². The van der Waals surface area contributed by atoms with Crippen LogP contribution in [-0.2, 0) is 25.6 Å². The molecule has 0 saturated heterocycles. The monoisotopic (exact) mass is 294 g/mol. The molecule has 0 fully saturated rings. The zero-order valence-corrected chi connectivity index (χ0v) is 11.8. The number of nitrogens with zero attached hydrogens (tertiary/aromatic N) is 2. The minimum Gasteiger partial charge on any atom is -0.468 e. The van der Waals surface area contributed by atoms with Gasteiger partial charge in [-0.25, -0.2) is 4.39 Å². The van der Waals surface area contributed by atoms with Crippen molar-refractivity contribution >= 4 is 11.9 Å². The van der Waals surface area contributed by atoms with Gasteiger partial charge in [0.25, 0.3) is 0 Å². The van der Waals surface area contributed by atoms with Crippen molar-refractivity contribution in [2.24, 2.45) is 0 Å². The van der Waals surface area contributed by atoms with E-state index in [9.17, 15) is 14.0 Å². The van der Waals surface area contributed by atoms with Crippen molar-refractivity contribution in [3.8, 4) is 6.07 Å². The Morgan fingerprint density at radius 1 is 1.24 bits per heavy atom. The van der Waals surface area contributed by atoms with Crippen LogP contribution in [0.2, 0.25) is 0 Å². The normalized spacial score (nSPS) is 10.0. The summed E-state index contributed by atoms with van der Waals surface area (Å²) in [6.07, 6.45) is 0. The van der Waals surface area contributed by atoms with Gasteiger partial charge in [0.15, 0.2) is 0 Å². The van der Waals surface area contributed by atoms with Gasteiger partial charge in [0.1, 0.15) is 5.82 Å². The summed E-state index contributed by atoms with van der Waals surface area (Å²) >= 11 is 0. The van der Waals surface area contributed by atoms with Crippen LogP contribution < -0.4 is 0 Å². The van der Waals surface area contributed by atoms with Crippen LogP contribution in [0, 0.1) is 17.1 Å². The molecule has 21 heavy (non-hydrogen) atoms. The summed E-state index contributed by atoms with van der Waals surface area (Å²) in [5.74, 6) is -1.67. The van der Waals surface area contributed by atoms with E-state index in [0.29, 0.717) is 0 Å². The Hall–Kier alpha value is -2.46. The van der Waals surface area contributed by atoms with E-state index in [2.05, 4.69) is 9.47 Å². The van der Waals surface area contributed by atoms with Crippen LogP contribution in [0.1, 0.15) is 11.1 Å². The highest BCUT2D eigenvalue weighted by Crippen LogP contribution is 2.12. The van der Waals surface area contributed by atoms with E-state index < -0.39 is 17.8 Å². The molecule has 0 unspecified atom stereocenters. The van der Waals surface area contributed by atoms with Crippen molar-refractivity contribution < 1.29 is 23.5 Å². The average molecular weight is 294 g/mol. The number of benzene rings is 1. The van der Waals surface area contributed by atoms with E-state index in [-0.39, 0.29) is 30.8 Å². The molecule has 0 heterocycles. The minimum atomic E-state index is -0.575. The lowest BCUT2D eigenvalue weighted by molar-refractivity contribution is -0.145. The molecule has 0 atom stereocenters. The van der Waals surface area contributed by atoms with Crippen molar-refractivity contribution in [2.45, 2.75) is 6.54 Å². The predicted octanol–water partition coefficient (Wildman–Crippen LogP) is 0.845. The first kappa shape index (κ1) is 16.6. The molecule has 6 nitrogen and oxygen atoms in total. The Morgan fingerprint density at radius 2 is 1.81 bits per heavy atom. The van der Waals surface area contributed by atoms with Crippen LogP contribution in [-0.4, -0.2) is 44.1 Å². The summed E-state index contributed by atoms with van der Waals surface area (Å²) in [7, 11) is 2.45. The Balaban J connectivity index is 2.87. The third-order valence-corrected chi connectivity index (χ3v) is 2.74. The molecule has 7 heteroatoms. The van der Waals surface area contributed by atoms with Crippen molar-refractivity contribution in [1.82, 2.24) is 4.90 Å². The van der Waals surface area contributed by atoms with E-state index in [1.807, 2.05) is 6.07 Å². The van der Waals surface area contributed by atoms with Gasteiger partial charge in [0.05, 0.1) is 38.9 Å². The Bertz CT molecular complexity index is 551. The number of rotatable bonds is 6. The standard InChI is InChI=1S/C14H15FN2O4/c1-20-13(18)8-17(9-14(19)21-2)7-11-4-3-10(6-16)5-12(11)15/h3-5H,7-9H2,1-2H3. The molecule has 0 bridgehead atoms. The second kappa shape index (κ2) is 7.97. The van der Waals surface area contributed by atoms with Gasteiger partial charge in [-0.3, -0.25) is 14.5 Å². The second-order valence-electron chi connectivity index (χ2n) is 4.22. The van der Waals surface area contributed by atoms with E-state index in [1.54, 1.807) is 0 Å². The SMILES string of the molecule is COC(=O)CN(CC(=O)OC)Cc1ccc(C#N)cc1F. The highest BCUT2D eigenvalue weighted by atomic mass is 19.1. The molecule has 1 aromatic carbocycles. The van der Waals surface area contributed by atoms with Crippen LogP contribution in [0.25, 0.3) is 0 Å². The molecule has 1 aromatic rings. The highest BCUT2D eigenvalue weighted by molar-refractivity contribution is 5.74. The number of carbonyl (C=O) groups is 2. The third-order valence-electron chi connectivity index (χ3n) is 2.74. The van der Waals surface area contributed by atoms with Gasteiger partial charge in [-0.2, -0.15) is 5.26 Å². The maximum atomic E-state index is 13.8. The average Bonchev–Trinajstić information content (AvgIpc) is 2.48. The molecular formula is C14H15FN2O4. The lowest BCUT2D eigenvalue weighted by atomic mass is 10.1. The van der Waals surface area contributed by atoms with Gasteiger partial charge in [0.2, 0.25) is 0 Å². The van der Waals surface area contributed by atoms with Gasteiger partial charge < -0.3 is 9.47 Å². The summed E-state index contributed by atoms with van der Waals surface area (Å²) < 4.78 is 22.9. The van der Waals surface area contributed by atoms with E-state index in [1.165, 1.54) is 31.3 Å². The molecule has 0 saturated carbocycles. The second-order valence-corrected chi connectivity index (χ2v) is 4.22. The van der Waals surface area contributed by atoms with Crippen molar-refractivity contribution in [3.05, 3.63) is 35.1 Å². The zero-order chi connectivity index (χ0) is 15.8. The smallest absolute Gasteiger partial charge is 0.319 e. The topological polar surface area (TPSA) is 79.6 Å². The molecular weight excluding hydrogens is 279 g/mol. The Morgan fingerprint density at radius 3 is 2.24 bits per heavy atom. The number of hydrogen-bond acceptors (Lipinski definition) is 6. The number of nitriles is 1. The van der Waals surface area contributed by atoms with Gasteiger partial charge >= 0.3 is 11.9 Å². The van der Waals surface area contributed by atoms with Gasteiger partial charge in [-0.05, 0) is 12.1 Å². The first-order valence-electron chi connectivity index (χ1n) is 6.04. The lowest BCUT2D eigenvalue weighted by Crippen LogP contribution is -2.35. The van der Waals surface area contributed by atoms with Crippen LogP contribution >= 0.6 is 0 Å². The first-order chi connectivity index (χ1) is 9.99. The van der Waals surface area contributed by atoms with E-state index in [4.69, 9.17) is 5.26 Å². The molecule has 0 N–H and O–H groups in total. The fourth-order valence-electron chi connectivity index (χ4n) is 1.65. The van der Waals surface area contributed by atoms with Gasteiger partial charge in [-0.15, -0.1) is 0 Å². The highest BCUT2D eigenvalue weighted by Gasteiger charge is 2.17. The molecule has 0 amide bonds. The number of ether oxygens (including phenoxy) is 2.